The summed E-state index contributed by atoms with van der Waals surface area (Å²) in [5.41, 5.74) is 7.45. The van der Waals surface area contributed by atoms with Gasteiger partial charge >= 0.3 is 0 Å². The lowest BCUT2D eigenvalue weighted by Gasteiger charge is -2.19. The second kappa shape index (κ2) is 8.66. The van der Waals surface area contributed by atoms with Crippen molar-refractivity contribution in [2.24, 2.45) is 11.6 Å². The molecule has 0 aliphatic carbocycles. The van der Waals surface area contributed by atoms with Gasteiger partial charge in [0.15, 0.2) is 0 Å². The molecule has 2 aromatic heterocycles. The molecule has 0 saturated carbocycles. The van der Waals surface area contributed by atoms with Gasteiger partial charge in [0, 0.05) is 28.6 Å². The molecule has 0 spiro atoms. The van der Waals surface area contributed by atoms with Gasteiger partial charge in [-0.1, -0.05) is 11.6 Å². The number of anilines is 2. The summed E-state index contributed by atoms with van der Waals surface area (Å²) in [4.78, 5) is 4.88. The van der Waals surface area contributed by atoms with Crippen molar-refractivity contribution in [1.29, 1.82) is 0 Å². The second-order valence-electron chi connectivity index (χ2n) is 5.30. The molecule has 3 rings (SSSR count). The van der Waals surface area contributed by atoms with Gasteiger partial charge in [-0.3, -0.25) is 9.99 Å². The van der Waals surface area contributed by atoms with E-state index in [1.54, 1.807) is 37.1 Å². The first-order valence-electron chi connectivity index (χ1n) is 7.51. The highest BCUT2D eigenvalue weighted by Gasteiger charge is 2.16. The van der Waals surface area contributed by atoms with Crippen LogP contribution in [0.3, 0.4) is 0 Å². The van der Waals surface area contributed by atoms with E-state index in [0.29, 0.717) is 16.9 Å². The molecule has 0 fully saturated rings. The molecule has 0 unspecified atom stereocenters. The maximum atomic E-state index is 14.4. The molecule has 0 aliphatic rings. The van der Waals surface area contributed by atoms with Crippen molar-refractivity contribution < 1.29 is 8.81 Å². The van der Waals surface area contributed by atoms with Crippen LogP contribution in [0, 0.1) is 5.82 Å². The molecule has 6 nitrogen and oxygen atoms in total. The third-order valence-corrected chi connectivity index (χ3v) is 5.02. The number of nitrogens with two attached hydrogens (primary N) is 2. The summed E-state index contributed by atoms with van der Waals surface area (Å²) < 4.78 is 23.2. The van der Waals surface area contributed by atoms with Crippen LogP contribution in [-0.2, 0) is 0 Å². The molecule has 2 heterocycles. The fourth-order valence-corrected chi connectivity index (χ4v) is 3.48. The van der Waals surface area contributed by atoms with Crippen molar-refractivity contribution in [3.8, 4) is 0 Å². The highest BCUT2D eigenvalue weighted by molar-refractivity contribution is 9.10. The van der Waals surface area contributed by atoms with Crippen molar-refractivity contribution in [2.45, 2.75) is 4.90 Å². The first-order valence-corrected chi connectivity index (χ1v) is 9.49. The van der Waals surface area contributed by atoms with Crippen molar-refractivity contribution in [1.82, 2.24) is 4.98 Å². The Morgan fingerprint density at radius 3 is 2.89 bits per heavy atom. The van der Waals surface area contributed by atoms with E-state index in [2.05, 4.69) is 25.6 Å². The number of halogens is 3. The van der Waals surface area contributed by atoms with Gasteiger partial charge in [0.2, 0.25) is 0 Å². The molecule has 10 heteroatoms. The predicted octanol–water partition coefficient (Wildman–Crippen LogP) is 4.99. The normalized spacial score (nSPS) is 11.5. The van der Waals surface area contributed by atoms with E-state index in [9.17, 15) is 4.39 Å². The largest absolute Gasteiger partial charge is 0.471 e. The Bertz CT molecular complexity index is 970. The standard InChI is InChI=1S/C17H14BrClFN5OS/c18-11-5-10(6-23-7-11)14(21)8-25(22)17-13(20)1-2-15(16(17)19)24-27-12-3-4-26-9-12/h1-9,24H,21-22H2/b14-8-. The zero-order chi connectivity index (χ0) is 19.4. The van der Waals surface area contributed by atoms with Crippen LogP contribution >= 0.6 is 39.5 Å². The number of rotatable bonds is 6. The summed E-state index contributed by atoms with van der Waals surface area (Å²) in [6.45, 7) is 0. The quantitative estimate of drug-likeness (QED) is 0.265. The van der Waals surface area contributed by atoms with Crippen molar-refractivity contribution in [3.05, 3.63) is 76.3 Å². The average molecular weight is 471 g/mol. The highest BCUT2D eigenvalue weighted by Crippen LogP contribution is 2.37. The SMILES string of the molecule is N/C(=C\N(N)c1c(F)ccc(NSc2ccoc2)c1Cl)c1cncc(Br)c1. The fourth-order valence-electron chi connectivity index (χ4n) is 2.14. The summed E-state index contributed by atoms with van der Waals surface area (Å²) in [7, 11) is 0. The maximum Gasteiger partial charge on any atom is 0.149 e. The Balaban J connectivity index is 1.86. The highest BCUT2D eigenvalue weighted by atomic mass is 79.9. The Kier molecular flexibility index (Phi) is 6.27. The Morgan fingerprint density at radius 1 is 1.37 bits per heavy atom. The summed E-state index contributed by atoms with van der Waals surface area (Å²) in [5, 5.41) is 1.16. The van der Waals surface area contributed by atoms with Crippen LogP contribution in [0.5, 0.6) is 0 Å². The molecule has 0 saturated heterocycles. The predicted molar refractivity (Wildman–Crippen MR) is 110 cm³/mol. The lowest BCUT2D eigenvalue weighted by atomic mass is 10.2. The minimum absolute atomic E-state index is 0.0135. The van der Waals surface area contributed by atoms with E-state index in [-0.39, 0.29) is 10.7 Å². The van der Waals surface area contributed by atoms with Crippen molar-refractivity contribution >= 4 is 56.6 Å². The summed E-state index contributed by atoms with van der Waals surface area (Å²) >= 11 is 10.9. The smallest absolute Gasteiger partial charge is 0.149 e. The van der Waals surface area contributed by atoms with Crippen LogP contribution in [0.15, 0.2) is 69.2 Å². The molecule has 0 radical (unpaired) electrons. The first kappa shape index (κ1) is 19.6. The minimum Gasteiger partial charge on any atom is -0.471 e. The Labute approximate surface area is 172 Å². The lowest BCUT2D eigenvalue weighted by Crippen LogP contribution is -2.27. The van der Waals surface area contributed by atoms with Gasteiger partial charge in [-0.25, -0.2) is 10.2 Å². The molecule has 0 atom stereocenters. The number of hydrogen-bond acceptors (Lipinski definition) is 7. The summed E-state index contributed by atoms with van der Waals surface area (Å²) in [6, 6.07) is 6.34. The van der Waals surface area contributed by atoms with Crippen LogP contribution in [0.25, 0.3) is 5.70 Å². The molecule has 0 amide bonds. The molecule has 140 valence electrons. The van der Waals surface area contributed by atoms with Gasteiger partial charge in [0.25, 0.3) is 0 Å². The monoisotopic (exact) mass is 469 g/mol. The number of hydrazine groups is 1. The second-order valence-corrected chi connectivity index (χ2v) is 7.48. The number of benzene rings is 1. The number of hydrogen-bond donors (Lipinski definition) is 3. The third-order valence-electron chi connectivity index (χ3n) is 3.42. The molecule has 0 bridgehead atoms. The minimum atomic E-state index is -0.585. The Morgan fingerprint density at radius 2 is 2.19 bits per heavy atom. The van der Waals surface area contributed by atoms with Crippen LogP contribution < -0.4 is 21.3 Å². The third kappa shape index (κ3) is 4.75. The van der Waals surface area contributed by atoms with Gasteiger partial charge < -0.3 is 14.9 Å². The zero-order valence-corrected chi connectivity index (χ0v) is 16.9. The van der Waals surface area contributed by atoms with Gasteiger partial charge in [-0.05, 0) is 52.1 Å². The van der Waals surface area contributed by atoms with Crippen molar-refractivity contribution in [2.75, 3.05) is 9.73 Å². The van der Waals surface area contributed by atoms with Gasteiger partial charge in [-0.2, -0.15) is 0 Å². The number of nitrogens with zero attached hydrogens (tertiary/aromatic N) is 2. The topological polar surface area (TPSA) is 93.3 Å². The molecule has 1 aromatic carbocycles. The van der Waals surface area contributed by atoms with Gasteiger partial charge in [0.1, 0.15) is 17.8 Å². The first-order chi connectivity index (χ1) is 13.0. The van der Waals surface area contributed by atoms with E-state index in [4.69, 9.17) is 27.6 Å². The van der Waals surface area contributed by atoms with Crippen LogP contribution in [0.1, 0.15) is 5.56 Å². The summed E-state index contributed by atoms with van der Waals surface area (Å²) in [6.07, 6.45) is 7.69. The molecular formula is C17H14BrClFN5OS. The van der Waals surface area contributed by atoms with Crippen molar-refractivity contribution in [3.63, 3.8) is 0 Å². The van der Waals surface area contributed by atoms with E-state index in [1.165, 1.54) is 30.3 Å². The van der Waals surface area contributed by atoms with E-state index in [0.717, 1.165) is 14.4 Å². The molecular weight excluding hydrogens is 457 g/mol. The number of nitrogens with one attached hydrogen (secondary N) is 1. The molecule has 0 aliphatic heterocycles. The van der Waals surface area contributed by atoms with E-state index in [1.807, 2.05) is 0 Å². The Hall–Kier alpha value is -2.20. The fraction of sp³-hybridized carbons (Fsp3) is 0. The van der Waals surface area contributed by atoms with Gasteiger partial charge in [-0.15, -0.1) is 0 Å². The number of pyridine rings is 1. The average Bonchev–Trinajstić information content (AvgIpc) is 3.14. The van der Waals surface area contributed by atoms with Gasteiger partial charge in [0.05, 0.1) is 27.6 Å². The van der Waals surface area contributed by atoms with Crippen LogP contribution in [-0.4, -0.2) is 4.98 Å². The van der Waals surface area contributed by atoms with Crippen LogP contribution in [0.2, 0.25) is 5.02 Å². The number of aromatic nitrogens is 1. The zero-order valence-electron chi connectivity index (χ0n) is 13.7. The molecule has 3 aromatic rings. The molecule has 27 heavy (non-hydrogen) atoms. The maximum absolute atomic E-state index is 14.4. The lowest BCUT2D eigenvalue weighted by molar-refractivity contribution is 0.562. The van der Waals surface area contributed by atoms with E-state index >= 15 is 0 Å². The number of furan rings is 1. The summed E-state index contributed by atoms with van der Waals surface area (Å²) in [5.74, 6) is 5.42. The van der Waals surface area contributed by atoms with Crippen LogP contribution in [0.4, 0.5) is 15.8 Å². The van der Waals surface area contributed by atoms with E-state index < -0.39 is 5.82 Å². The molecule has 5 N–H and O–H groups in total.